The molecule has 0 saturated heterocycles. The van der Waals surface area contributed by atoms with Crippen LogP contribution in [-0.2, 0) is 11.3 Å². The van der Waals surface area contributed by atoms with Gasteiger partial charge in [0.2, 0.25) is 0 Å². The fourth-order valence-electron chi connectivity index (χ4n) is 1.09. The van der Waals surface area contributed by atoms with Crippen molar-refractivity contribution in [3.8, 4) is 0 Å². The van der Waals surface area contributed by atoms with E-state index in [0.717, 1.165) is 0 Å². The molecule has 0 radical (unpaired) electrons. The fourth-order valence-corrected chi connectivity index (χ4v) is 1.44. The molecule has 0 aliphatic heterocycles. The van der Waals surface area contributed by atoms with Gasteiger partial charge in [-0.3, -0.25) is 10.1 Å². The number of hydrogen-bond acceptors (Lipinski definition) is 4. The van der Waals surface area contributed by atoms with Crippen LogP contribution in [0.4, 0.5) is 5.69 Å². The van der Waals surface area contributed by atoms with Gasteiger partial charge in [-0.2, -0.15) is 0 Å². The quantitative estimate of drug-likeness (QED) is 0.505. The van der Waals surface area contributed by atoms with Crippen LogP contribution in [-0.4, -0.2) is 18.1 Å². The molecule has 6 heteroatoms. The van der Waals surface area contributed by atoms with Crippen molar-refractivity contribution in [1.29, 1.82) is 0 Å². The van der Waals surface area contributed by atoms with E-state index in [-0.39, 0.29) is 12.3 Å². The minimum Gasteiger partial charge on any atom is -0.375 e. The third-order valence-electron chi connectivity index (χ3n) is 1.76. The number of nitrogens with two attached hydrogens (primary N) is 1. The molecule has 0 unspecified atom stereocenters. The molecule has 0 atom stereocenters. The van der Waals surface area contributed by atoms with Crippen LogP contribution in [0.3, 0.4) is 0 Å². The Bertz CT molecular complexity index is 357. The Kier molecular flexibility index (Phi) is 4.67. The Morgan fingerprint density at radius 2 is 2.27 bits per heavy atom. The molecule has 0 bridgehead atoms. The smallest absolute Gasteiger partial charge is 0.276 e. The molecule has 0 heterocycles. The van der Waals surface area contributed by atoms with Crippen LogP contribution in [0.2, 0.25) is 0 Å². The predicted octanol–water partition coefficient (Wildman–Crippen LogP) is 1.83. The van der Waals surface area contributed by atoms with Gasteiger partial charge in [0, 0.05) is 17.1 Å². The predicted molar refractivity (Wildman–Crippen MR) is 59.5 cm³/mol. The Hall–Kier alpha value is -0.980. The van der Waals surface area contributed by atoms with Crippen molar-refractivity contribution in [3.63, 3.8) is 0 Å². The van der Waals surface area contributed by atoms with Crippen molar-refractivity contribution < 1.29 is 9.66 Å². The van der Waals surface area contributed by atoms with E-state index >= 15 is 0 Å². The van der Waals surface area contributed by atoms with E-state index in [1.165, 1.54) is 6.07 Å². The van der Waals surface area contributed by atoms with E-state index < -0.39 is 4.92 Å². The van der Waals surface area contributed by atoms with Crippen molar-refractivity contribution in [1.82, 2.24) is 0 Å². The Labute approximate surface area is 95.5 Å². The zero-order chi connectivity index (χ0) is 11.3. The molecule has 15 heavy (non-hydrogen) atoms. The summed E-state index contributed by atoms with van der Waals surface area (Å²) < 4.78 is 5.83. The lowest BCUT2D eigenvalue weighted by atomic mass is 10.2. The minimum atomic E-state index is -0.425. The number of nitro groups is 1. The number of benzene rings is 1. The lowest BCUT2D eigenvalue weighted by Gasteiger charge is -2.04. The lowest BCUT2D eigenvalue weighted by Crippen LogP contribution is -2.08. The number of hydrogen-bond donors (Lipinski definition) is 1. The van der Waals surface area contributed by atoms with Crippen LogP contribution in [0.15, 0.2) is 22.7 Å². The number of halogens is 1. The Balaban J connectivity index is 2.81. The third-order valence-corrected chi connectivity index (χ3v) is 2.26. The number of nitrogens with zero attached hydrogens (tertiary/aromatic N) is 1. The highest BCUT2D eigenvalue weighted by Gasteiger charge is 2.13. The summed E-state index contributed by atoms with van der Waals surface area (Å²) in [4.78, 5) is 10.3. The van der Waals surface area contributed by atoms with Crippen LogP contribution >= 0.6 is 15.9 Å². The van der Waals surface area contributed by atoms with E-state index in [4.69, 9.17) is 10.5 Å². The van der Waals surface area contributed by atoms with E-state index in [2.05, 4.69) is 15.9 Å². The highest BCUT2D eigenvalue weighted by Crippen LogP contribution is 2.23. The number of nitro benzene ring substituents is 1. The summed E-state index contributed by atoms with van der Waals surface area (Å²) in [6.07, 6.45) is 0. The summed E-state index contributed by atoms with van der Waals surface area (Å²) in [5.74, 6) is 0. The van der Waals surface area contributed by atoms with Crippen molar-refractivity contribution in [2.24, 2.45) is 5.73 Å². The first kappa shape index (κ1) is 12.1. The van der Waals surface area contributed by atoms with Crippen LogP contribution < -0.4 is 5.73 Å². The normalized spacial score (nSPS) is 10.3. The largest absolute Gasteiger partial charge is 0.375 e. The lowest BCUT2D eigenvalue weighted by molar-refractivity contribution is -0.386. The number of rotatable bonds is 5. The molecular weight excluding hydrogens is 264 g/mol. The molecule has 0 saturated carbocycles. The molecule has 1 rings (SSSR count). The molecule has 2 N–H and O–H groups in total. The van der Waals surface area contributed by atoms with Crippen LogP contribution in [0.25, 0.3) is 0 Å². The zero-order valence-electron chi connectivity index (χ0n) is 7.98. The van der Waals surface area contributed by atoms with Gasteiger partial charge in [0.1, 0.15) is 0 Å². The zero-order valence-corrected chi connectivity index (χ0v) is 9.57. The molecule has 82 valence electrons. The molecule has 1 aromatic rings. The first-order valence-corrected chi connectivity index (χ1v) is 5.15. The topological polar surface area (TPSA) is 78.4 Å². The van der Waals surface area contributed by atoms with Gasteiger partial charge in [-0.05, 0) is 12.1 Å². The number of ether oxygens (including phenoxy) is 1. The monoisotopic (exact) mass is 274 g/mol. The first-order valence-electron chi connectivity index (χ1n) is 4.35. The van der Waals surface area contributed by atoms with E-state index in [0.29, 0.717) is 23.2 Å². The third kappa shape index (κ3) is 3.58. The maximum Gasteiger partial charge on any atom is 0.276 e. The maximum atomic E-state index is 10.7. The van der Waals surface area contributed by atoms with Crippen molar-refractivity contribution in [3.05, 3.63) is 38.3 Å². The molecule has 0 spiro atoms. The second-order valence-corrected chi connectivity index (χ2v) is 3.79. The molecule has 1 aromatic carbocycles. The summed E-state index contributed by atoms with van der Waals surface area (Å²) in [6.45, 7) is 1.01. The first-order chi connectivity index (χ1) is 7.15. The standard InChI is InChI=1S/C9H11BrN2O3/c10-8-2-1-7(6-15-4-3-11)9(5-8)12(13)14/h1-2,5H,3-4,6,11H2. The van der Waals surface area contributed by atoms with Gasteiger partial charge in [0.25, 0.3) is 5.69 Å². The SMILES string of the molecule is NCCOCc1ccc(Br)cc1[N+](=O)[O-]. The molecular formula is C9H11BrN2O3. The van der Waals surface area contributed by atoms with Gasteiger partial charge < -0.3 is 10.5 Å². The second-order valence-electron chi connectivity index (χ2n) is 2.87. The Morgan fingerprint density at radius 3 is 2.87 bits per heavy atom. The average Bonchev–Trinajstić information content (AvgIpc) is 2.20. The summed E-state index contributed by atoms with van der Waals surface area (Å²) in [5.41, 5.74) is 5.86. The molecule has 0 fully saturated rings. The van der Waals surface area contributed by atoms with Crippen molar-refractivity contribution in [2.45, 2.75) is 6.61 Å². The van der Waals surface area contributed by atoms with Gasteiger partial charge in [0.15, 0.2) is 0 Å². The summed E-state index contributed by atoms with van der Waals surface area (Å²) >= 11 is 3.18. The summed E-state index contributed by atoms with van der Waals surface area (Å²) in [6, 6.07) is 4.87. The van der Waals surface area contributed by atoms with E-state index in [1.807, 2.05) is 0 Å². The molecule has 0 aliphatic rings. The molecule has 5 nitrogen and oxygen atoms in total. The average molecular weight is 275 g/mol. The minimum absolute atomic E-state index is 0.0568. The van der Waals surface area contributed by atoms with Crippen LogP contribution in [0.5, 0.6) is 0 Å². The summed E-state index contributed by atoms with van der Waals surface area (Å²) in [5, 5.41) is 10.7. The maximum absolute atomic E-state index is 10.7. The van der Waals surface area contributed by atoms with Crippen molar-refractivity contribution in [2.75, 3.05) is 13.2 Å². The van der Waals surface area contributed by atoms with Crippen molar-refractivity contribution >= 4 is 21.6 Å². The molecule has 0 aromatic heterocycles. The highest BCUT2D eigenvalue weighted by atomic mass is 79.9. The van der Waals surface area contributed by atoms with Gasteiger partial charge in [0.05, 0.1) is 23.7 Å². The summed E-state index contributed by atoms with van der Waals surface area (Å²) in [7, 11) is 0. The van der Waals surface area contributed by atoms with Gasteiger partial charge in [-0.25, -0.2) is 0 Å². The van der Waals surface area contributed by atoms with Gasteiger partial charge in [-0.1, -0.05) is 15.9 Å². The fraction of sp³-hybridized carbons (Fsp3) is 0.333. The van der Waals surface area contributed by atoms with Gasteiger partial charge in [-0.15, -0.1) is 0 Å². The molecule has 0 amide bonds. The second kappa shape index (κ2) is 5.79. The van der Waals surface area contributed by atoms with E-state index in [9.17, 15) is 10.1 Å². The van der Waals surface area contributed by atoms with E-state index in [1.54, 1.807) is 12.1 Å². The Morgan fingerprint density at radius 1 is 1.53 bits per heavy atom. The van der Waals surface area contributed by atoms with Gasteiger partial charge >= 0.3 is 0 Å². The van der Waals surface area contributed by atoms with Crippen LogP contribution in [0.1, 0.15) is 5.56 Å². The highest BCUT2D eigenvalue weighted by molar-refractivity contribution is 9.10. The molecule has 0 aliphatic carbocycles. The van der Waals surface area contributed by atoms with Crippen LogP contribution in [0, 0.1) is 10.1 Å².